The van der Waals surface area contributed by atoms with Gasteiger partial charge in [0.2, 0.25) is 0 Å². The number of ether oxygens (including phenoxy) is 2. The van der Waals surface area contributed by atoms with Crippen LogP contribution in [0.25, 0.3) is 0 Å². The molecule has 4 rings (SSSR count). The molecule has 2 aliphatic heterocycles. The lowest BCUT2D eigenvalue weighted by molar-refractivity contribution is -0.145. The van der Waals surface area contributed by atoms with Crippen LogP contribution in [-0.2, 0) is 14.3 Å². The molecule has 0 amide bonds. The number of carbonyl (C=O) groups is 1. The molecule has 0 unspecified atom stereocenters. The second-order valence-electron chi connectivity index (χ2n) is 6.58. The number of hydrogen-bond acceptors (Lipinski definition) is 3. The van der Waals surface area contributed by atoms with E-state index in [0.717, 1.165) is 25.9 Å². The molecule has 0 N–H and O–H groups in total. The molecule has 1 spiro atoms. The second kappa shape index (κ2) is 3.38. The maximum Gasteiger partial charge on any atom is 0.309 e. The minimum atomic E-state index is -0.00360. The van der Waals surface area contributed by atoms with E-state index in [9.17, 15) is 4.79 Å². The van der Waals surface area contributed by atoms with E-state index in [2.05, 4.69) is 6.58 Å². The quantitative estimate of drug-likeness (QED) is 0.375. The first kappa shape index (κ1) is 11.0. The maximum absolute atomic E-state index is 11.8. The van der Waals surface area contributed by atoms with Gasteiger partial charge < -0.3 is 9.47 Å². The fraction of sp³-hybridized carbons (Fsp3) is 0.800. The predicted octanol–water partition coefficient (Wildman–Crippen LogP) is 2.31. The Kier molecular flexibility index (Phi) is 2.07. The number of epoxide rings is 1. The third-order valence-electron chi connectivity index (χ3n) is 5.82. The molecule has 6 atom stereocenters. The molecule has 2 saturated heterocycles. The van der Waals surface area contributed by atoms with Gasteiger partial charge >= 0.3 is 5.97 Å². The van der Waals surface area contributed by atoms with Crippen LogP contribution >= 0.6 is 0 Å². The molecule has 0 bridgehead atoms. The fourth-order valence-corrected chi connectivity index (χ4v) is 4.61. The molecular formula is C15H20O3. The lowest BCUT2D eigenvalue weighted by Gasteiger charge is -2.28. The summed E-state index contributed by atoms with van der Waals surface area (Å²) >= 11 is 0. The molecule has 4 fully saturated rings. The molecule has 3 nitrogen and oxygen atoms in total. The first-order valence-corrected chi connectivity index (χ1v) is 7.14. The van der Waals surface area contributed by atoms with Crippen LogP contribution < -0.4 is 0 Å². The SMILES string of the molecule is C=C1CC[C@@H]2[C@H]1[C@H]1OC(=O)[C@@H](C)[C@H]1CC[C@]21CO1. The number of fused-ring (bicyclic) bond motifs is 4. The van der Waals surface area contributed by atoms with Crippen LogP contribution in [0, 0.1) is 23.7 Å². The Hall–Kier alpha value is -0.830. The second-order valence-corrected chi connectivity index (χ2v) is 6.58. The van der Waals surface area contributed by atoms with Crippen molar-refractivity contribution in [2.45, 2.75) is 44.3 Å². The monoisotopic (exact) mass is 248 g/mol. The molecule has 0 radical (unpaired) electrons. The molecule has 0 aromatic heterocycles. The van der Waals surface area contributed by atoms with Crippen molar-refractivity contribution >= 4 is 5.97 Å². The lowest BCUT2D eigenvalue weighted by Crippen LogP contribution is -2.33. The highest BCUT2D eigenvalue weighted by Gasteiger charge is 2.62. The number of hydrogen-bond donors (Lipinski definition) is 0. The Bertz CT molecular complexity index is 423. The van der Waals surface area contributed by atoms with Gasteiger partial charge in [-0.1, -0.05) is 19.1 Å². The van der Waals surface area contributed by atoms with E-state index in [1.54, 1.807) is 0 Å². The zero-order valence-electron chi connectivity index (χ0n) is 10.9. The molecule has 2 heterocycles. The van der Waals surface area contributed by atoms with Gasteiger partial charge in [-0.15, -0.1) is 0 Å². The van der Waals surface area contributed by atoms with E-state index < -0.39 is 0 Å². The zero-order valence-corrected chi connectivity index (χ0v) is 10.9. The Balaban J connectivity index is 1.74. The van der Waals surface area contributed by atoms with Crippen molar-refractivity contribution in [3.8, 4) is 0 Å². The Morgan fingerprint density at radius 1 is 1.39 bits per heavy atom. The molecule has 3 heteroatoms. The summed E-state index contributed by atoms with van der Waals surface area (Å²) in [6, 6.07) is 0. The highest BCUT2D eigenvalue weighted by atomic mass is 16.6. The van der Waals surface area contributed by atoms with Gasteiger partial charge in [0.1, 0.15) is 6.10 Å². The summed E-state index contributed by atoms with van der Waals surface area (Å²) in [7, 11) is 0. The Morgan fingerprint density at radius 2 is 2.17 bits per heavy atom. The van der Waals surface area contributed by atoms with Gasteiger partial charge in [-0.25, -0.2) is 0 Å². The highest BCUT2D eigenvalue weighted by molar-refractivity contribution is 5.75. The van der Waals surface area contributed by atoms with E-state index >= 15 is 0 Å². The van der Waals surface area contributed by atoms with Gasteiger partial charge in [0.25, 0.3) is 0 Å². The number of esters is 1. The van der Waals surface area contributed by atoms with Crippen LogP contribution in [0.1, 0.15) is 32.6 Å². The summed E-state index contributed by atoms with van der Waals surface area (Å²) in [6.45, 7) is 7.16. The average molecular weight is 248 g/mol. The van der Waals surface area contributed by atoms with E-state index in [1.165, 1.54) is 12.0 Å². The zero-order chi connectivity index (χ0) is 12.5. The summed E-state index contributed by atoms with van der Waals surface area (Å²) < 4.78 is 11.5. The fourth-order valence-electron chi connectivity index (χ4n) is 4.61. The summed E-state index contributed by atoms with van der Waals surface area (Å²) in [5.41, 5.74) is 1.40. The van der Waals surface area contributed by atoms with Gasteiger partial charge in [0.05, 0.1) is 18.1 Å². The van der Waals surface area contributed by atoms with Gasteiger partial charge in [0.15, 0.2) is 0 Å². The van der Waals surface area contributed by atoms with Crippen LogP contribution in [-0.4, -0.2) is 24.3 Å². The van der Waals surface area contributed by atoms with E-state index in [-0.39, 0.29) is 23.6 Å². The highest BCUT2D eigenvalue weighted by Crippen LogP contribution is 2.58. The summed E-state index contributed by atoms with van der Waals surface area (Å²) in [5, 5.41) is 0. The Labute approximate surface area is 108 Å². The third kappa shape index (κ3) is 1.26. The van der Waals surface area contributed by atoms with Crippen molar-refractivity contribution in [2.24, 2.45) is 23.7 Å². The first-order valence-electron chi connectivity index (χ1n) is 7.14. The summed E-state index contributed by atoms with van der Waals surface area (Å²) in [6.07, 6.45) is 4.49. The standard InChI is InChI=1S/C15H20O3/c1-8-3-4-11-12(8)13-10(9(2)14(16)18-13)5-6-15(11)7-17-15/h9-13H,1,3-7H2,2H3/t9-,10+,11+,12-,13-,15-/m0/s1. The molecule has 0 aromatic rings. The minimum absolute atomic E-state index is 0.00360. The van der Waals surface area contributed by atoms with Gasteiger partial charge in [-0.05, 0) is 25.7 Å². The van der Waals surface area contributed by atoms with Crippen LogP contribution in [0.2, 0.25) is 0 Å². The van der Waals surface area contributed by atoms with Crippen LogP contribution in [0.5, 0.6) is 0 Å². The van der Waals surface area contributed by atoms with Crippen molar-refractivity contribution in [1.82, 2.24) is 0 Å². The molecule has 2 aliphatic carbocycles. The van der Waals surface area contributed by atoms with Gasteiger partial charge in [-0.2, -0.15) is 0 Å². The van der Waals surface area contributed by atoms with Crippen LogP contribution in [0.15, 0.2) is 12.2 Å². The van der Waals surface area contributed by atoms with Crippen LogP contribution in [0.3, 0.4) is 0 Å². The number of carbonyl (C=O) groups excluding carboxylic acids is 1. The van der Waals surface area contributed by atoms with Crippen molar-refractivity contribution in [2.75, 3.05) is 6.61 Å². The molecule has 98 valence electrons. The normalized spacial score (nSPS) is 53.9. The first-order chi connectivity index (χ1) is 8.62. The maximum atomic E-state index is 11.8. The molecule has 2 saturated carbocycles. The van der Waals surface area contributed by atoms with E-state index in [0.29, 0.717) is 17.8 Å². The van der Waals surface area contributed by atoms with Crippen molar-refractivity contribution in [1.29, 1.82) is 0 Å². The largest absolute Gasteiger partial charge is 0.461 e. The van der Waals surface area contributed by atoms with Gasteiger partial charge in [0, 0.05) is 17.8 Å². The molecule has 4 aliphatic rings. The van der Waals surface area contributed by atoms with Crippen LogP contribution in [0.4, 0.5) is 0 Å². The van der Waals surface area contributed by atoms with Crippen molar-refractivity contribution in [3.63, 3.8) is 0 Å². The van der Waals surface area contributed by atoms with Gasteiger partial charge in [-0.3, -0.25) is 4.79 Å². The Morgan fingerprint density at radius 3 is 2.89 bits per heavy atom. The van der Waals surface area contributed by atoms with Crippen molar-refractivity contribution in [3.05, 3.63) is 12.2 Å². The summed E-state index contributed by atoms with van der Waals surface area (Å²) in [5.74, 6) is 1.32. The third-order valence-corrected chi connectivity index (χ3v) is 5.82. The molecule has 0 aromatic carbocycles. The smallest absolute Gasteiger partial charge is 0.309 e. The topological polar surface area (TPSA) is 38.8 Å². The predicted molar refractivity (Wildman–Crippen MR) is 65.8 cm³/mol. The van der Waals surface area contributed by atoms with Crippen molar-refractivity contribution < 1.29 is 14.3 Å². The van der Waals surface area contributed by atoms with E-state index in [4.69, 9.17) is 9.47 Å². The molecule has 18 heavy (non-hydrogen) atoms. The summed E-state index contributed by atoms with van der Waals surface area (Å²) in [4.78, 5) is 11.8. The number of rotatable bonds is 0. The molecular weight excluding hydrogens is 228 g/mol. The minimum Gasteiger partial charge on any atom is -0.461 e. The average Bonchev–Trinajstić information content (AvgIpc) is 2.99. The van der Waals surface area contributed by atoms with E-state index in [1.807, 2.05) is 6.92 Å². The lowest BCUT2D eigenvalue weighted by atomic mass is 9.79.